The highest BCUT2D eigenvalue weighted by Crippen LogP contribution is 2.23. The Hall–Kier alpha value is -1.53. The second-order valence-electron chi connectivity index (χ2n) is 5.06. The number of hydrogen-bond acceptors (Lipinski definition) is 4. The number of amides is 1. The first-order valence-electron chi connectivity index (χ1n) is 6.80. The van der Waals surface area contributed by atoms with Crippen molar-refractivity contribution < 1.29 is 19.4 Å². The number of benzene rings is 1. The van der Waals surface area contributed by atoms with Crippen LogP contribution in [0.5, 0.6) is 0 Å². The third-order valence-electron chi connectivity index (χ3n) is 3.48. The van der Waals surface area contributed by atoms with Crippen LogP contribution >= 0.6 is 11.8 Å². The summed E-state index contributed by atoms with van der Waals surface area (Å²) in [5.74, 6) is -1.25. The average molecular weight is 309 g/mol. The number of carboxylic acid groups (broad SMARTS) is 1. The maximum Gasteiger partial charge on any atom is 0.332 e. The molecule has 1 aliphatic heterocycles. The molecule has 1 aromatic rings. The first kappa shape index (κ1) is 15.9. The monoisotopic (exact) mass is 309 g/mol. The number of aliphatic carboxylic acids is 1. The normalized spacial score (nSPS) is 21.2. The van der Waals surface area contributed by atoms with Gasteiger partial charge in [-0.25, -0.2) is 4.79 Å². The maximum atomic E-state index is 12.0. The minimum absolute atomic E-state index is 0.244. The largest absolute Gasteiger partial charge is 0.479 e. The highest BCUT2D eigenvalue weighted by atomic mass is 32.2. The Balaban J connectivity index is 1.91. The predicted molar refractivity (Wildman–Crippen MR) is 80.3 cm³/mol. The molecule has 0 saturated carbocycles. The zero-order valence-corrected chi connectivity index (χ0v) is 12.9. The van der Waals surface area contributed by atoms with Gasteiger partial charge in [-0.1, -0.05) is 12.1 Å². The third kappa shape index (κ3) is 3.98. The summed E-state index contributed by atoms with van der Waals surface area (Å²) in [6.07, 6.45) is 1.31. The summed E-state index contributed by atoms with van der Waals surface area (Å²) in [4.78, 5) is 24.0. The van der Waals surface area contributed by atoms with Gasteiger partial charge in [0, 0.05) is 11.4 Å². The van der Waals surface area contributed by atoms with Gasteiger partial charge in [-0.05, 0) is 43.2 Å². The Morgan fingerprint density at radius 1 is 1.38 bits per heavy atom. The molecule has 2 rings (SSSR count). The molecule has 0 spiro atoms. The molecule has 0 aliphatic carbocycles. The molecule has 114 valence electrons. The van der Waals surface area contributed by atoms with Crippen molar-refractivity contribution in [2.75, 3.05) is 6.26 Å². The molecule has 0 radical (unpaired) electrons. The fraction of sp³-hybridized carbons (Fsp3) is 0.467. The van der Waals surface area contributed by atoms with Gasteiger partial charge in [0.2, 0.25) is 5.91 Å². The van der Waals surface area contributed by atoms with E-state index in [1.54, 1.807) is 11.8 Å². The van der Waals surface area contributed by atoms with Crippen LogP contribution in [-0.2, 0) is 20.9 Å². The van der Waals surface area contributed by atoms with Crippen LogP contribution < -0.4 is 5.32 Å². The summed E-state index contributed by atoms with van der Waals surface area (Å²) in [7, 11) is 0. The minimum Gasteiger partial charge on any atom is -0.479 e. The number of carbonyl (C=O) groups excluding carboxylic acids is 1. The number of carboxylic acids is 1. The van der Waals surface area contributed by atoms with Crippen molar-refractivity contribution in [1.82, 2.24) is 5.32 Å². The van der Waals surface area contributed by atoms with Crippen LogP contribution in [0.1, 0.15) is 24.0 Å². The quantitative estimate of drug-likeness (QED) is 0.813. The number of nitrogens with one attached hydrogen (secondary N) is 1. The molecule has 21 heavy (non-hydrogen) atoms. The summed E-state index contributed by atoms with van der Waals surface area (Å²) in [5.41, 5.74) is 2.23. The molecule has 0 bridgehead atoms. The smallest absolute Gasteiger partial charge is 0.332 e. The van der Waals surface area contributed by atoms with Crippen LogP contribution in [-0.4, -0.2) is 35.4 Å². The van der Waals surface area contributed by atoms with Crippen LogP contribution in [0.2, 0.25) is 0 Å². The standard InChI is InChI=1S/C15H19NO4S/c1-9-3-4-10(13(7-9)21-2)8-16-14(17)11-5-6-12(20-11)15(18)19/h3-4,7,11-12H,5-6,8H2,1-2H3,(H,16,17)(H,18,19)/t11-,12+/m0/s1. The van der Waals surface area contributed by atoms with Crippen LogP contribution in [0.15, 0.2) is 23.1 Å². The number of aryl methyl sites for hydroxylation is 1. The fourth-order valence-electron chi connectivity index (χ4n) is 2.31. The van der Waals surface area contributed by atoms with Crippen molar-refractivity contribution >= 4 is 23.6 Å². The number of rotatable bonds is 5. The molecular formula is C15H19NO4S. The van der Waals surface area contributed by atoms with E-state index >= 15 is 0 Å². The van der Waals surface area contributed by atoms with E-state index < -0.39 is 18.2 Å². The molecule has 6 heteroatoms. The van der Waals surface area contributed by atoms with Gasteiger partial charge in [-0.2, -0.15) is 0 Å². The highest BCUT2D eigenvalue weighted by Gasteiger charge is 2.34. The van der Waals surface area contributed by atoms with E-state index in [1.165, 1.54) is 5.56 Å². The van der Waals surface area contributed by atoms with Gasteiger partial charge in [0.25, 0.3) is 0 Å². The number of hydrogen-bond donors (Lipinski definition) is 2. The Bertz CT molecular complexity index is 546. The number of ether oxygens (including phenoxy) is 1. The summed E-state index contributed by atoms with van der Waals surface area (Å²) >= 11 is 1.64. The first-order valence-corrected chi connectivity index (χ1v) is 8.03. The van der Waals surface area contributed by atoms with Crippen molar-refractivity contribution in [1.29, 1.82) is 0 Å². The lowest BCUT2D eigenvalue weighted by Crippen LogP contribution is -2.35. The summed E-state index contributed by atoms with van der Waals surface area (Å²) in [6, 6.07) is 6.09. The third-order valence-corrected chi connectivity index (χ3v) is 4.30. The molecule has 1 heterocycles. The van der Waals surface area contributed by atoms with Crippen molar-refractivity contribution in [3.8, 4) is 0 Å². The molecule has 5 nitrogen and oxygen atoms in total. The average Bonchev–Trinajstić information content (AvgIpc) is 2.95. The van der Waals surface area contributed by atoms with Crippen molar-refractivity contribution in [2.45, 2.75) is 43.4 Å². The lowest BCUT2D eigenvalue weighted by atomic mass is 10.1. The summed E-state index contributed by atoms with van der Waals surface area (Å²) in [5, 5.41) is 11.7. The van der Waals surface area contributed by atoms with Gasteiger partial charge in [-0.3, -0.25) is 4.79 Å². The Labute approximate surface area is 128 Å². The van der Waals surface area contributed by atoms with Crippen LogP contribution in [0, 0.1) is 6.92 Å². The Morgan fingerprint density at radius 3 is 2.71 bits per heavy atom. The van der Waals surface area contributed by atoms with Crippen molar-refractivity contribution in [3.05, 3.63) is 29.3 Å². The van der Waals surface area contributed by atoms with E-state index in [1.807, 2.05) is 25.3 Å². The SMILES string of the molecule is CSc1cc(C)ccc1CNC(=O)[C@@H]1CC[C@H](C(=O)O)O1. The number of thioether (sulfide) groups is 1. The predicted octanol–water partition coefficient (Wildman–Crippen LogP) is 1.97. The molecule has 1 amide bonds. The van der Waals surface area contributed by atoms with E-state index in [0.29, 0.717) is 19.4 Å². The fourth-order valence-corrected chi connectivity index (χ4v) is 3.01. The summed E-state index contributed by atoms with van der Waals surface area (Å²) < 4.78 is 5.23. The van der Waals surface area contributed by atoms with Gasteiger partial charge in [0.05, 0.1) is 0 Å². The van der Waals surface area contributed by atoms with Crippen molar-refractivity contribution in [2.24, 2.45) is 0 Å². The van der Waals surface area contributed by atoms with Gasteiger partial charge in [0.15, 0.2) is 6.10 Å². The minimum atomic E-state index is -1.01. The zero-order valence-electron chi connectivity index (χ0n) is 12.1. The molecular weight excluding hydrogens is 290 g/mol. The lowest BCUT2D eigenvalue weighted by molar-refractivity contribution is -0.151. The van der Waals surface area contributed by atoms with Crippen molar-refractivity contribution in [3.63, 3.8) is 0 Å². The van der Waals surface area contributed by atoms with E-state index in [2.05, 4.69) is 11.4 Å². The van der Waals surface area contributed by atoms with Gasteiger partial charge in [-0.15, -0.1) is 11.8 Å². The second kappa shape index (κ2) is 6.95. The molecule has 1 aliphatic rings. The Kier molecular flexibility index (Phi) is 5.25. The zero-order chi connectivity index (χ0) is 15.4. The van der Waals surface area contributed by atoms with Crippen LogP contribution in [0.3, 0.4) is 0 Å². The second-order valence-corrected chi connectivity index (χ2v) is 5.91. The lowest BCUT2D eigenvalue weighted by Gasteiger charge is -2.13. The Morgan fingerprint density at radius 2 is 2.10 bits per heavy atom. The molecule has 2 N–H and O–H groups in total. The van der Waals surface area contributed by atoms with Crippen LogP contribution in [0.4, 0.5) is 0 Å². The van der Waals surface area contributed by atoms with E-state index in [-0.39, 0.29) is 5.91 Å². The molecule has 0 unspecified atom stereocenters. The number of carbonyl (C=O) groups is 2. The molecule has 0 aromatic heterocycles. The van der Waals surface area contributed by atoms with E-state index in [0.717, 1.165) is 10.5 Å². The molecule has 2 atom stereocenters. The topological polar surface area (TPSA) is 75.6 Å². The molecule has 1 fully saturated rings. The molecule has 1 saturated heterocycles. The van der Waals surface area contributed by atoms with Gasteiger partial charge < -0.3 is 15.2 Å². The van der Waals surface area contributed by atoms with Crippen LogP contribution in [0.25, 0.3) is 0 Å². The first-order chi connectivity index (χ1) is 10.0. The van der Waals surface area contributed by atoms with Gasteiger partial charge >= 0.3 is 5.97 Å². The maximum absolute atomic E-state index is 12.0. The van der Waals surface area contributed by atoms with E-state index in [9.17, 15) is 9.59 Å². The highest BCUT2D eigenvalue weighted by molar-refractivity contribution is 7.98. The molecule has 1 aromatic carbocycles. The summed E-state index contributed by atoms with van der Waals surface area (Å²) in [6.45, 7) is 2.45. The van der Waals surface area contributed by atoms with Gasteiger partial charge in [0.1, 0.15) is 6.10 Å². The van der Waals surface area contributed by atoms with E-state index in [4.69, 9.17) is 9.84 Å².